The first-order chi connectivity index (χ1) is 9.63. The monoisotopic (exact) mass is 333 g/mol. The predicted molar refractivity (Wildman–Crippen MR) is 82.3 cm³/mol. The first-order valence-electron chi connectivity index (χ1n) is 6.44. The molecule has 0 unspecified atom stereocenters. The van der Waals surface area contributed by atoms with E-state index in [1.165, 1.54) is 5.56 Å². The lowest BCUT2D eigenvalue weighted by Gasteiger charge is -2.07. The maximum atomic E-state index is 12.3. The molecule has 2 rings (SSSR count). The van der Waals surface area contributed by atoms with E-state index in [9.17, 15) is 4.79 Å². The first kappa shape index (κ1) is 14.7. The molecule has 0 radical (unpaired) electrons. The molecule has 0 saturated carbocycles. The van der Waals surface area contributed by atoms with Gasteiger partial charge in [0.25, 0.3) is 0 Å². The van der Waals surface area contributed by atoms with Crippen molar-refractivity contribution < 1.29 is 9.53 Å². The summed E-state index contributed by atoms with van der Waals surface area (Å²) in [5.41, 5.74) is 2.57. The van der Waals surface area contributed by atoms with Crippen LogP contribution in [0.5, 0.6) is 5.75 Å². The maximum absolute atomic E-state index is 12.3. The highest BCUT2D eigenvalue weighted by Crippen LogP contribution is 2.23. The number of methoxy groups -OCH3 is 1. The van der Waals surface area contributed by atoms with Gasteiger partial charge in [-0.3, -0.25) is 9.78 Å². The standard InChI is InChI=1S/C16H16BrNO2/c1-3-11-4-5-12(18-10-11)8-16(19)14-9-13(20-2)6-7-15(14)17/h4-7,9-10H,3,8H2,1-2H3. The van der Waals surface area contributed by atoms with Gasteiger partial charge in [0.05, 0.1) is 13.5 Å². The van der Waals surface area contributed by atoms with Gasteiger partial charge in [0.2, 0.25) is 0 Å². The van der Waals surface area contributed by atoms with E-state index in [0.29, 0.717) is 11.3 Å². The number of carbonyl (C=O) groups excluding carboxylic acids is 1. The van der Waals surface area contributed by atoms with E-state index in [2.05, 4.69) is 27.8 Å². The van der Waals surface area contributed by atoms with Crippen LogP contribution in [0.25, 0.3) is 0 Å². The topological polar surface area (TPSA) is 39.2 Å². The van der Waals surface area contributed by atoms with Gasteiger partial charge in [0, 0.05) is 21.9 Å². The van der Waals surface area contributed by atoms with Crippen molar-refractivity contribution >= 4 is 21.7 Å². The molecule has 1 heterocycles. The normalized spacial score (nSPS) is 10.3. The van der Waals surface area contributed by atoms with Crippen LogP contribution in [-0.4, -0.2) is 17.9 Å². The summed E-state index contributed by atoms with van der Waals surface area (Å²) in [6, 6.07) is 9.29. The molecule has 0 aliphatic heterocycles. The molecule has 0 saturated heterocycles. The van der Waals surface area contributed by atoms with E-state index in [-0.39, 0.29) is 12.2 Å². The van der Waals surface area contributed by atoms with Gasteiger partial charge in [-0.15, -0.1) is 0 Å². The Balaban J connectivity index is 2.18. The number of aromatic nitrogens is 1. The second-order valence-electron chi connectivity index (χ2n) is 4.46. The Morgan fingerprint density at radius 2 is 2.10 bits per heavy atom. The Morgan fingerprint density at radius 1 is 1.30 bits per heavy atom. The molecule has 104 valence electrons. The Kier molecular flexibility index (Phi) is 4.90. The number of nitrogens with zero attached hydrogens (tertiary/aromatic N) is 1. The van der Waals surface area contributed by atoms with Crippen LogP contribution in [-0.2, 0) is 12.8 Å². The number of aryl methyl sites for hydroxylation is 1. The highest BCUT2D eigenvalue weighted by atomic mass is 79.9. The summed E-state index contributed by atoms with van der Waals surface area (Å²) < 4.78 is 5.92. The van der Waals surface area contributed by atoms with Crippen LogP contribution >= 0.6 is 15.9 Å². The molecule has 0 fully saturated rings. The van der Waals surface area contributed by atoms with Gasteiger partial charge in [-0.2, -0.15) is 0 Å². The number of Topliss-reactive ketones (excluding diaryl/α,β-unsaturated/α-hetero) is 1. The fraction of sp³-hybridized carbons (Fsp3) is 0.250. The Morgan fingerprint density at radius 3 is 2.70 bits per heavy atom. The van der Waals surface area contributed by atoms with Crippen molar-refractivity contribution in [1.82, 2.24) is 4.98 Å². The number of ketones is 1. The second kappa shape index (κ2) is 6.66. The molecule has 3 nitrogen and oxygen atoms in total. The average molecular weight is 334 g/mol. The third-order valence-corrected chi connectivity index (χ3v) is 3.80. The highest BCUT2D eigenvalue weighted by molar-refractivity contribution is 9.10. The van der Waals surface area contributed by atoms with Crippen molar-refractivity contribution in [1.29, 1.82) is 0 Å². The Hall–Kier alpha value is -1.68. The van der Waals surface area contributed by atoms with Crippen molar-refractivity contribution in [2.75, 3.05) is 7.11 Å². The summed E-state index contributed by atoms with van der Waals surface area (Å²) in [7, 11) is 1.59. The minimum atomic E-state index is 0.0209. The smallest absolute Gasteiger partial charge is 0.170 e. The van der Waals surface area contributed by atoms with E-state index < -0.39 is 0 Å². The van der Waals surface area contributed by atoms with Gasteiger partial charge in [-0.25, -0.2) is 0 Å². The molecule has 1 aromatic heterocycles. The summed E-state index contributed by atoms with van der Waals surface area (Å²) in [4.78, 5) is 16.7. The zero-order valence-corrected chi connectivity index (χ0v) is 13.1. The van der Waals surface area contributed by atoms with Crippen molar-refractivity contribution in [3.8, 4) is 5.75 Å². The van der Waals surface area contributed by atoms with Crippen LogP contribution in [0.4, 0.5) is 0 Å². The Bertz CT molecular complexity index is 608. The SMILES string of the molecule is CCc1ccc(CC(=O)c2cc(OC)ccc2Br)nc1. The van der Waals surface area contributed by atoms with E-state index in [1.54, 1.807) is 13.2 Å². The number of rotatable bonds is 5. The average Bonchev–Trinajstić information content (AvgIpc) is 2.48. The summed E-state index contributed by atoms with van der Waals surface area (Å²) in [5, 5.41) is 0. The van der Waals surface area contributed by atoms with Crippen molar-refractivity contribution in [2.24, 2.45) is 0 Å². The molecule has 2 aromatic rings. The van der Waals surface area contributed by atoms with E-state index >= 15 is 0 Å². The zero-order valence-electron chi connectivity index (χ0n) is 11.5. The quantitative estimate of drug-likeness (QED) is 0.780. The van der Waals surface area contributed by atoms with Crippen LogP contribution < -0.4 is 4.74 Å². The molecule has 0 bridgehead atoms. The molecule has 0 amide bonds. The van der Waals surface area contributed by atoms with Crippen LogP contribution in [0.1, 0.15) is 28.5 Å². The van der Waals surface area contributed by atoms with E-state index in [4.69, 9.17) is 4.74 Å². The van der Waals surface area contributed by atoms with Gasteiger partial charge in [-0.1, -0.05) is 28.9 Å². The molecule has 0 aliphatic carbocycles. The number of halogens is 1. The third-order valence-electron chi connectivity index (χ3n) is 3.11. The molecule has 0 N–H and O–H groups in total. The number of pyridine rings is 1. The molecular weight excluding hydrogens is 318 g/mol. The lowest BCUT2D eigenvalue weighted by atomic mass is 10.1. The number of ether oxygens (including phenoxy) is 1. The van der Waals surface area contributed by atoms with Gasteiger partial charge < -0.3 is 4.74 Å². The zero-order chi connectivity index (χ0) is 14.5. The van der Waals surface area contributed by atoms with E-state index in [0.717, 1.165) is 16.6 Å². The first-order valence-corrected chi connectivity index (χ1v) is 7.24. The van der Waals surface area contributed by atoms with Crippen LogP contribution in [0.2, 0.25) is 0 Å². The summed E-state index contributed by atoms with van der Waals surface area (Å²) in [6.07, 6.45) is 3.06. The molecule has 20 heavy (non-hydrogen) atoms. The van der Waals surface area contributed by atoms with Gasteiger partial charge >= 0.3 is 0 Å². The maximum Gasteiger partial charge on any atom is 0.170 e. The second-order valence-corrected chi connectivity index (χ2v) is 5.31. The fourth-order valence-electron chi connectivity index (χ4n) is 1.87. The molecule has 4 heteroatoms. The lowest BCUT2D eigenvalue weighted by Crippen LogP contribution is -2.06. The number of hydrogen-bond acceptors (Lipinski definition) is 3. The number of hydrogen-bond donors (Lipinski definition) is 0. The van der Waals surface area contributed by atoms with Crippen molar-refractivity contribution in [3.63, 3.8) is 0 Å². The fourth-order valence-corrected chi connectivity index (χ4v) is 2.34. The van der Waals surface area contributed by atoms with Gasteiger partial charge in [0.15, 0.2) is 5.78 Å². The van der Waals surface area contributed by atoms with Gasteiger partial charge in [0.1, 0.15) is 5.75 Å². The summed E-state index contributed by atoms with van der Waals surface area (Å²) >= 11 is 3.40. The molecule has 0 atom stereocenters. The van der Waals surface area contributed by atoms with Crippen molar-refractivity contribution in [3.05, 3.63) is 57.8 Å². The summed E-state index contributed by atoms with van der Waals surface area (Å²) in [5.74, 6) is 0.693. The largest absolute Gasteiger partial charge is 0.497 e. The van der Waals surface area contributed by atoms with E-state index in [1.807, 2.05) is 30.5 Å². The van der Waals surface area contributed by atoms with Gasteiger partial charge in [-0.05, 0) is 36.2 Å². The minimum Gasteiger partial charge on any atom is -0.497 e. The van der Waals surface area contributed by atoms with Crippen LogP contribution in [0, 0.1) is 0 Å². The van der Waals surface area contributed by atoms with Crippen LogP contribution in [0.3, 0.4) is 0 Å². The molecule has 0 spiro atoms. The molecule has 1 aromatic carbocycles. The lowest BCUT2D eigenvalue weighted by molar-refractivity contribution is 0.0991. The summed E-state index contributed by atoms with van der Waals surface area (Å²) in [6.45, 7) is 2.08. The van der Waals surface area contributed by atoms with Crippen molar-refractivity contribution in [2.45, 2.75) is 19.8 Å². The number of benzene rings is 1. The minimum absolute atomic E-state index is 0.0209. The predicted octanol–water partition coefficient (Wildman–Crippen LogP) is 3.84. The molecular formula is C16H16BrNO2. The highest BCUT2D eigenvalue weighted by Gasteiger charge is 2.12. The Labute approximate surface area is 127 Å². The third kappa shape index (κ3) is 3.45. The van der Waals surface area contributed by atoms with Crippen LogP contribution in [0.15, 0.2) is 41.0 Å². The number of carbonyl (C=O) groups is 1. The molecule has 0 aliphatic rings.